The Labute approximate surface area is 110 Å². The molecule has 1 rings (SSSR count). The first-order chi connectivity index (χ1) is 7.28. The second-order valence-corrected chi connectivity index (χ2v) is 8.42. The van der Waals surface area contributed by atoms with Crippen LogP contribution >= 0.6 is 34.0 Å². The Morgan fingerprint density at radius 1 is 1.38 bits per heavy atom. The van der Waals surface area contributed by atoms with Gasteiger partial charge in [-0.1, -0.05) is 31.5 Å². The largest absolute Gasteiger partial charge is 0.236 e. The molecule has 0 aliphatic heterocycles. The second-order valence-electron chi connectivity index (χ2n) is 3.61. The molecule has 0 aliphatic carbocycles. The fourth-order valence-electron chi connectivity index (χ4n) is 1.18. The maximum absolute atomic E-state index is 10.9. The quantitative estimate of drug-likeness (QED) is 0.624. The lowest BCUT2D eigenvalue weighted by molar-refractivity contribution is 0.609. The van der Waals surface area contributed by atoms with Gasteiger partial charge in [-0.25, -0.2) is 8.42 Å². The van der Waals surface area contributed by atoms with E-state index in [1.807, 2.05) is 6.07 Å². The molecule has 0 aromatic heterocycles. The third-order valence-corrected chi connectivity index (χ3v) is 4.21. The van der Waals surface area contributed by atoms with Gasteiger partial charge < -0.3 is 0 Å². The summed E-state index contributed by atoms with van der Waals surface area (Å²) in [4.78, 5) is 0.951. The van der Waals surface area contributed by atoms with Crippen molar-refractivity contribution in [2.45, 2.75) is 29.7 Å². The molecule has 0 heterocycles. The summed E-state index contributed by atoms with van der Waals surface area (Å²) >= 11 is 7.68. The van der Waals surface area contributed by atoms with Crippen LogP contribution in [-0.4, -0.2) is 13.7 Å². The van der Waals surface area contributed by atoms with Crippen molar-refractivity contribution in [1.82, 2.24) is 0 Å². The molecular weight excluding hydrogens is 287 g/mol. The van der Waals surface area contributed by atoms with Crippen LogP contribution in [0.15, 0.2) is 23.1 Å². The lowest BCUT2D eigenvalue weighted by Gasteiger charge is -2.08. The van der Waals surface area contributed by atoms with Gasteiger partial charge in [0.15, 0.2) is 0 Å². The third-order valence-electron chi connectivity index (χ3n) is 1.70. The zero-order valence-corrected chi connectivity index (χ0v) is 12.1. The highest BCUT2D eigenvalue weighted by Gasteiger charge is 2.10. The summed E-state index contributed by atoms with van der Waals surface area (Å²) < 4.78 is 21.8. The average Bonchev–Trinajstić information content (AvgIpc) is 2.06. The maximum Gasteiger partial charge on any atom is 0.236 e. The fraction of sp³-hybridized carbons (Fsp3) is 0.400. The first-order valence-electron chi connectivity index (χ1n) is 4.65. The number of rotatable bonds is 4. The van der Waals surface area contributed by atoms with Gasteiger partial charge in [0.25, 0.3) is 0 Å². The molecule has 0 fully saturated rings. The van der Waals surface area contributed by atoms with E-state index in [-0.39, 0.29) is 5.75 Å². The van der Waals surface area contributed by atoms with E-state index in [0.29, 0.717) is 15.8 Å². The highest BCUT2D eigenvalue weighted by Crippen LogP contribution is 2.31. The molecule has 0 spiro atoms. The molecule has 0 atom stereocenters. The van der Waals surface area contributed by atoms with Crippen LogP contribution in [0.3, 0.4) is 0 Å². The van der Waals surface area contributed by atoms with Crippen LogP contribution in [0.5, 0.6) is 0 Å². The normalized spacial score (nSPS) is 12.1. The summed E-state index contributed by atoms with van der Waals surface area (Å²) in [5.74, 6) is -0.194. The molecule has 6 heteroatoms. The number of benzene rings is 1. The molecule has 2 nitrogen and oxygen atoms in total. The molecule has 1 aromatic rings. The van der Waals surface area contributed by atoms with Gasteiger partial charge in [0, 0.05) is 20.8 Å². The Morgan fingerprint density at radius 3 is 2.44 bits per heavy atom. The minimum Gasteiger partial charge on any atom is -0.212 e. The molecule has 0 unspecified atom stereocenters. The maximum atomic E-state index is 10.9. The first kappa shape index (κ1) is 14.2. The van der Waals surface area contributed by atoms with E-state index in [4.69, 9.17) is 22.3 Å². The zero-order chi connectivity index (χ0) is 12.3. The van der Waals surface area contributed by atoms with E-state index in [1.165, 1.54) is 0 Å². The van der Waals surface area contributed by atoms with Crippen molar-refractivity contribution < 1.29 is 8.42 Å². The van der Waals surface area contributed by atoms with Crippen LogP contribution in [0.25, 0.3) is 0 Å². The predicted molar refractivity (Wildman–Crippen MR) is 70.9 cm³/mol. The lowest BCUT2D eigenvalue weighted by Crippen LogP contribution is -1.95. The van der Waals surface area contributed by atoms with Gasteiger partial charge in [-0.05, 0) is 17.7 Å². The molecule has 0 bridgehead atoms. The molecule has 0 N–H and O–H groups in total. The van der Waals surface area contributed by atoms with E-state index in [2.05, 4.69) is 13.8 Å². The minimum atomic E-state index is -3.52. The summed E-state index contributed by atoms with van der Waals surface area (Å²) in [6.07, 6.45) is 0. The smallest absolute Gasteiger partial charge is 0.212 e. The van der Waals surface area contributed by atoms with Gasteiger partial charge in [0.05, 0.1) is 10.8 Å². The van der Waals surface area contributed by atoms with Crippen molar-refractivity contribution in [3.8, 4) is 0 Å². The van der Waals surface area contributed by atoms with Crippen LogP contribution in [0, 0.1) is 0 Å². The molecule has 0 saturated carbocycles. The fourth-order valence-corrected chi connectivity index (χ4v) is 3.30. The van der Waals surface area contributed by atoms with E-state index in [0.717, 1.165) is 4.90 Å². The molecule has 1 aromatic carbocycles. The summed E-state index contributed by atoms with van der Waals surface area (Å²) in [5.41, 5.74) is 0.605. The molecule has 90 valence electrons. The van der Waals surface area contributed by atoms with Crippen LogP contribution in [0.1, 0.15) is 19.4 Å². The summed E-state index contributed by atoms with van der Waals surface area (Å²) in [5, 5.41) is 0.997. The van der Waals surface area contributed by atoms with Gasteiger partial charge in [0.1, 0.15) is 0 Å². The average molecular weight is 299 g/mol. The van der Waals surface area contributed by atoms with Gasteiger partial charge in [-0.2, -0.15) is 0 Å². The Morgan fingerprint density at radius 2 is 2.00 bits per heavy atom. The van der Waals surface area contributed by atoms with Crippen molar-refractivity contribution in [3.05, 3.63) is 28.8 Å². The van der Waals surface area contributed by atoms with Crippen molar-refractivity contribution >= 4 is 43.1 Å². The zero-order valence-electron chi connectivity index (χ0n) is 8.91. The number of hydrogen-bond acceptors (Lipinski definition) is 3. The Hall–Kier alpha value is 0.1000. The molecular formula is C10H12Cl2O2S2. The first-order valence-corrected chi connectivity index (χ1v) is 8.39. The topological polar surface area (TPSA) is 34.1 Å². The second kappa shape index (κ2) is 5.63. The third kappa shape index (κ3) is 4.95. The Kier molecular flexibility index (Phi) is 4.98. The molecule has 0 aliphatic rings. The number of thioether (sulfide) groups is 1. The van der Waals surface area contributed by atoms with Crippen LogP contribution < -0.4 is 0 Å². The minimum absolute atomic E-state index is 0.194. The van der Waals surface area contributed by atoms with E-state index < -0.39 is 9.05 Å². The van der Waals surface area contributed by atoms with E-state index in [9.17, 15) is 8.42 Å². The van der Waals surface area contributed by atoms with Gasteiger partial charge >= 0.3 is 0 Å². The highest BCUT2D eigenvalue weighted by atomic mass is 35.7. The standard InChI is InChI=1S/C10H12Cl2O2S2/c1-7(2)15-10-4-3-8(5-9(10)11)6-16(12,13)14/h3-5,7H,6H2,1-2H3. The van der Waals surface area contributed by atoms with Crippen LogP contribution in [0.4, 0.5) is 0 Å². The summed E-state index contributed by atoms with van der Waals surface area (Å²) in [6.45, 7) is 4.14. The van der Waals surface area contributed by atoms with Crippen molar-refractivity contribution in [1.29, 1.82) is 0 Å². The molecule has 0 amide bonds. The highest BCUT2D eigenvalue weighted by molar-refractivity contribution is 8.13. The predicted octanol–water partition coefficient (Wildman–Crippen LogP) is 3.91. The Balaban J connectivity index is 2.91. The van der Waals surface area contributed by atoms with Crippen molar-refractivity contribution in [2.24, 2.45) is 0 Å². The summed E-state index contributed by atoms with van der Waals surface area (Å²) in [6, 6.07) is 5.20. The van der Waals surface area contributed by atoms with Gasteiger partial charge in [0.2, 0.25) is 9.05 Å². The molecule has 16 heavy (non-hydrogen) atoms. The van der Waals surface area contributed by atoms with Gasteiger partial charge in [-0.15, -0.1) is 11.8 Å². The van der Waals surface area contributed by atoms with Crippen molar-refractivity contribution in [3.63, 3.8) is 0 Å². The van der Waals surface area contributed by atoms with Crippen molar-refractivity contribution in [2.75, 3.05) is 0 Å². The van der Waals surface area contributed by atoms with E-state index >= 15 is 0 Å². The SMILES string of the molecule is CC(C)Sc1ccc(CS(=O)(=O)Cl)cc1Cl. The molecule has 0 saturated heterocycles. The Bertz CT molecular complexity index is 470. The monoisotopic (exact) mass is 298 g/mol. The molecule has 0 radical (unpaired) electrons. The lowest BCUT2D eigenvalue weighted by atomic mass is 10.2. The number of hydrogen-bond donors (Lipinski definition) is 0. The summed E-state index contributed by atoms with van der Waals surface area (Å²) in [7, 11) is 1.65. The number of halogens is 2. The van der Waals surface area contributed by atoms with Gasteiger partial charge in [-0.3, -0.25) is 0 Å². The van der Waals surface area contributed by atoms with Crippen LogP contribution in [-0.2, 0) is 14.8 Å². The van der Waals surface area contributed by atoms with Crippen LogP contribution in [0.2, 0.25) is 5.02 Å². The van der Waals surface area contributed by atoms with E-state index in [1.54, 1.807) is 23.9 Å².